The molecule has 2 atom stereocenters. The topological polar surface area (TPSA) is 102 Å². The summed E-state index contributed by atoms with van der Waals surface area (Å²) in [5, 5.41) is 3.24. The Morgan fingerprint density at radius 2 is 1.97 bits per heavy atom. The minimum Gasteiger partial charge on any atom is -0.456 e. The molecule has 0 aliphatic carbocycles. The molecule has 2 aromatic heterocycles. The molecule has 1 unspecified atom stereocenters. The molecule has 1 saturated heterocycles. The highest BCUT2D eigenvalue weighted by Gasteiger charge is 2.35. The number of hydrogen-bond acceptors (Lipinski definition) is 8. The second-order valence-electron chi connectivity index (χ2n) is 7.22. The Labute approximate surface area is 180 Å². The van der Waals surface area contributed by atoms with E-state index in [1.165, 1.54) is 4.90 Å². The highest BCUT2D eigenvalue weighted by atomic mass is 16.6. The van der Waals surface area contributed by atoms with Crippen molar-refractivity contribution in [3.05, 3.63) is 60.2 Å². The van der Waals surface area contributed by atoms with Crippen LogP contribution in [0.1, 0.15) is 37.8 Å². The third-order valence-electron chi connectivity index (χ3n) is 4.91. The fourth-order valence-corrected chi connectivity index (χ4v) is 3.25. The quantitative estimate of drug-likeness (QED) is 0.604. The minimum atomic E-state index is -0.438. The summed E-state index contributed by atoms with van der Waals surface area (Å²) < 4.78 is 10.9. The molecule has 1 aliphatic rings. The first-order valence-electron chi connectivity index (χ1n) is 10.2. The number of benzene rings is 1. The van der Waals surface area contributed by atoms with E-state index >= 15 is 0 Å². The van der Waals surface area contributed by atoms with Gasteiger partial charge in [-0.2, -0.15) is 15.0 Å². The fourth-order valence-electron chi connectivity index (χ4n) is 3.25. The van der Waals surface area contributed by atoms with E-state index in [2.05, 4.69) is 25.3 Å². The van der Waals surface area contributed by atoms with Gasteiger partial charge >= 0.3 is 6.09 Å². The molecule has 3 heterocycles. The highest BCUT2D eigenvalue weighted by molar-refractivity contribution is 5.88. The predicted molar refractivity (Wildman–Crippen MR) is 115 cm³/mol. The van der Waals surface area contributed by atoms with Crippen molar-refractivity contribution in [3.63, 3.8) is 0 Å². The number of carbonyl (C=O) groups excluding carboxylic acids is 1. The number of cyclic esters (lactones) is 1. The first kappa shape index (κ1) is 20.5. The summed E-state index contributed by atoms with van der Waals surface area (Å²) in [7, 11) is 0. The molecule has 1 amide bonds. The van der Waals surface area contributed by atoms with Crippen molar-refractivity contribution in [1.29, 1.82) is 0 Å². The largest absolute Gasteiger partial charge is 0.456 e. The summed E-state index contributed by atoms with van der Waals surface area (Å²) >= 11 is 0. The number of anilines is 2. The van der Waals surface area contributed by atoms with Gasteiger partial charge in [-0.25, -0.2) is 9.69 Å². The molecule has 0 saturated carbocycles. The van der Waals surface area contributed by atoms with E-state index in [9.17, 15) is 4.79 Å². The van der Waals surface area contributed by atoms with E-state index in [0.717, 1.165) is 17.9 Å². The Balaban J connectivity index is 1.47. The number of nitrogens with one attached hydrogen (secondary N) is 1. The number of aryl methyl sites for hydroxylation is 1. The number of ether oxygens (including phenoxy) is 2. The van der Waals surface area contributed by atoms with Gasteiger partial charge in [0.15, 0.2) is 0 Å². The second-order valence-corrected chi connectivity index (χ2v) is 7.22. The monoisotopic (exact) mass is 420 g/mol. The molecule has 1 aromatic carbocycles. The fraction of sp³-hybridized carbons (Fsp3) is 0.318. The van der Waals surface area contributed by atoms with E-state index < -0.39 is 6.09 Å². The summed E-state index contributed by atoms with van der Waals surface area (Å²) in [6.07, 6.45) is 1.99. The maximum atomic E-state index is 12.1. The highest BCUT2D eigenvalue weighted by Crippen LogP contribution is 2.25. The van der Waals surface area contributed by atoms with Crippen molar-refractivity contribution in [2.24, 2.45) is 0 Å². The maximum Gasteiger partial charge on any atom is 0.417 e. The van der Waals surface area contributed by atoms with Crippen LogP contribution in [0.3, 0.4) is 0 Å². The van der Waals surface area contributed by atoms with Gasteiger partial charge in [0.2, 0.25) is 11.9 Å². The summed E-state index contributed by atoms with van der Waals surface area (Å²) in [6, 6.07) is 13.0. The molecule has 0 spiro atoms. The molecule has 31 heavy (non-hydrogen) atoms. The normalized spacial score (nSPS) is 16.7. The van der Waals surface area contributed by atoms with Crippen LogP contribution in [0.15, 0.2) is 48.7 Å². The Hall–Kier alpha value is -3.75. The molecule has 1 N–H and O–H groups in total. The van der Waals surface area contributed by atoms with Crippen LogP contribution in [0.25, 0.3) is 0 Å². The van der Waals surface area contributed by atoms with Gasteiger partial charge in [0.25, 0.3) is 0 Å². The summed E-state index contributed by atoms with van der Waals surface area (Å²) in [4.78, 5) is 31.2. The summed E-state index contributed by atoms with van der Waals surface area (Å²) in [5.41, 5.74) is 0.798. The molecule has 1 fully saturated rings. The smallest absolute Gasteiger partial charge is 0.417 e. The van der Waals surface area contributed by atoms with Crippen LogP contribution >= 0.6 is 0 Å². The van der Waals surface area contributed by atoms with Crippen molar-refractivity contribution < 1.29 is 14.3 Å². The van der Waals surface area contributed by atoms with Crippen LogP contribution in [0.5, 0.6) is 11.5 Å². The standard InChI is InChI=1S/C22H24N6O3/c1-4-16-13-30-22(29)28(16)21-26-15(3)25-20(27-21)24-14(2)19-11-10-18(12-23-19)31-17-8-6-5-7-9-17/h5-12,14,16H,4,13H2,1-3H3,(H,24,25,26,27)/t14?,16-/m0/s1. The van der Waals surface area contributed by atoms with Crippen LogP contribution in [0.4, 0.5) is 16.7 Å². The molecule has 1 aliphatic heterocycles. The lowest BCUT2D eigenvalue weighted by molar-refractivity contribution is 0.178. The third kappa shape index (κ3) is 4.71. The van der Waals surface area contributed by atoms with Crippen LogP contribution in [0.2, 0.25) is 0 Å². The molecular formula is C22H24N6O3. The van der Waals surface area contributed by atoms with E-state index in [0.29, 0.717) is 24.1 Å². The average molecular weight is 420 g/mol. The summed E-state index contributed by atoms with van der Waals surface area (Å²) in [6.45, 7) is 6.04. The Kier molecular flexibility index (Phi) is 5.92. The number of hydrogen-bond donors (Lipinski definition) is 1. The third-order valence-corrected chi connectivity index (χ3v) is 4.91. The average Bonchev–Trinajstić information content (AvgIpc) is 3.15. The van der Waals surface area contributed by atoms with Gasteiger partial charge in [-0.3, -0.25) is 4.98 Å². The van der Waals surface area contributed by atoms with E-state index in [1.807, 2.05) is 56.3 Å². The Bertz CT molecular complexity index is 1040. The number of carbonyl (C=O) groups is 1. The van der Waals surface area contributed by atoms with Gasteiger partial charge in [0.05, 0.1) is 24.0 Å². The van der Waals surface area contributed by atoms with Crippen LogP contribution < -0.4 is 15.0 Å². The zero-order valence-corrected chi connectivity index (χ0v) is 17.6. The predicted octanol–water partition coefficient (Wildman–Crippen LogP) is 4.28. The zero-order valence-electron chi connectivity index (χ0n) is 17.6. The molecule has 4 rings (SSSR count). The van der Waals surface area contributed by atoms with Gasteiger partial charge < -0.3 is 14.8 Å². The van der Waals surface area contributed by atoms with Crippen LogP contribution in [0, 0.1) is 6.92 Å². The number of aromatic nitrogens is 4. The van der Waals surface area contributed by atoms with Gasteiger partial charge in [0, 0.05) is 0 Å². The maximum absolute atomic E-state index is 12.1. The lowest BCUT2D eigenvalue weighted by Gasteiger charge is -2.19. The van der Waals surface area contributed by atoms with Gasteiger partial charge in [-0.05, 0) is 44.5 Å². The number of nitrogens with zero attached hydrogens (tertiary/aromatic N) is 5. The summed E-state index contributed by atoms with van der Waals surface area (Å²) in [5.74, 6) is 2.57. The minimum absolute atomic E-state index is 0.0848. The van der Waals surface area contributed by atoms with Crippen molar-refractivity contribution in [2.45, 2.75) is 39.3 Å². The van der Waals surface area contributed by atoms with Crippen LogP contribution in [-0.2, 0) is 4.74 Å². The molecule has 9 nitrogen and oxygen atoms in total. The van der Waals surface area contributed by atoms with Crippen molar-refractivity contribution >= 4 is 18.0 Å². The number of pyridine rings is 1. The SMILES string of the molecule is CC[C@H]1COC(=O)N1c1nc(C)nc(NC(C)c2ccc(Oc3ccccc3)cn2)n1. The molecular weight excluding hydrogens is 396 g/mol. The second kappa shape index (κ2) is 8.95. The molecule has 0 radical (unpaired) electrons. The Morgan fingerprint density at radius 3 is 2.68 bits per heavy atom. The number of para-hydroxylation sites is 1. The van der Waals surface area contributed by atoms with E-state index in [4.69, 9.17) is 9.47 Å². The van der Waals surface area contributed by atoms with Crippen molar-refractivity contribution in [3.8, 4) is 11.5 Å². The van der Waals surface area contributed by atoms with Gasteiger partial charge in [-0.15, -0.1) is 0 Å². The van der Waals surface area contributed by atoms with Crippen LogP contribution in [-0.4, -0.2) is 38.7 Å². The molecule has 0 bridgehead atoms. The molecule has 9 heteroatoms. The number of amides is 1. The van der Waals surface area contributed by atoms with E-state index in [1.54, 1.807) is 13.1 Å². The van der Waals surface area contributed by atoms with E-state index in [-0.39, 0.29) is 18.0 Å². The first-order valence-corrected chi connectivity index (χ1v) is 10.2. The van der Waals surface area contributed by atoms with Gasteiger partial charge in [-0.1, -0.05) is 25.1 Å². The molecule has 160 valence electrons. The lowest BCUT2D eigenvalue weighted by Crippen LogP contribution is -2.34. The first-order chi connectivity index (χ1) is 15.0. The van der Waals surface area contributed by atoms with Crippen molar-refractivity contribution in [1.82, 2.24) is 19.9 Å². The zero-order chi connectivity index (χ0) is 21.8. The lowest BCUT2D eigenvalue weighted by atomic mass is 10.2. The number of rotatable bonds is 7. The Morgan fingerprint density at radius 1 is 1.16 bits per heavy atom. The molecule has 3 aromatic rings. The van der Waals surface area contributed by atoms with Crippen molar-refractivity contribution in [2.75, 3.05) is 16.8 Å². The van der Waals surface area contributed by atoms with Gasteiger partial charge in [0.1, 0.15) is 23.9 Å².